The van der Waals surface area contributed by atoms with Gasteiger partial charge in [-0.2, -0.15) is 0 Å². The van der Waals surface area contributed by atoms with E-state index in [1.165, 1.54) is 0 Å². The Balaban J connectivity index is 1.96. The first-order chi connectivity index (χ1) is 10.9. The second-order valence-electron chi connectivity index (χ2n) is 6.87. The van der Waals surface area contributed by atoms with Crippen LogP contribution < -0.4 is 20.7 Å². The molecule has 1 fully saturated rings. The molecule has 1 saturated heterocycles. The van der Waals surface area contributed by atoms with E-state index in [0.29, 0.717) is 12.0 Å². The minimum atomic E-state index is -0.328. The maximum atomic E-state index is 9.94. The monoisotopic (exact) mass is 321 g/mol. The topological polar surface area (TPSA) is 70.8 Å². The second-order valence-corrected chi connectivity index (χ2v) is 6.87. The van der Waals surface area contributed by atoms with Crippen molar-refractivity contribution in [1.82, 2.24) is 5.32 Å². The number of ether oxygens (including phenoxy) is 1. The Labute approximate surface area is 139 Å². The van der Waals surface area contributed by atoms with Gasteiger partial charge in [0.2, 0.25) is 0 Å². The number of hydrogen-bond acceptors (Lipinski definition) is 5. The molecule has 0 saturated carbocycles. The molecule has 1 aromatic rings. The number of nitrogens with two attached hydrogens (primary N) is 1. The number of aliphatic hydroxyl groups is 1. The van der Waals surface area contributed by atoms with Crippen LogP contribution in [0.2, 0.25) is 0 Å². The standard InChI is InChI=1S/C18H31N3O2/c1-12(2)18(13(3)22)20-15-7-9-21(10-8-15)16-6-5-14(19)11-17(16)23-4/h5-6,11-13,15,18,20,22H,7-10,19H2,1-4H3/t13?,18-/m0/s1. The Hall–Kier alpha value is -1.46. The Kier molecular flexibility index (Phi) is 6.13. The van der Waals surface area contributed by atoms with E-state index in [1.54, 1.807) is 7.11 Å². The molecule has 1 aliphatic heterocycles. The molecule has 2 atom stereocenters. The van der Waals surface area contributed by atoms with E-state index in [4.69, 9.17) is 10.5 Å². The van der Waals surface area contributed by atoms with Crippen LogP contribution in [-0.2, 0) is 0 Å². The van der Waals surface area contributed by atoms with Gasteiger partial charge in [-0.25, -0.2) is 0 Å². The van der Waals surface area contributed by atoms with Crippen LogP contribution in [0.3, 0.4) is 0 Å². The predicted molar refractivity (Wildman–Crippen MR) is 96.1 cm³/mol. The molecule has 23 heavy (non-hydrogen) atoms. The Bertz CT molecular complexity index is 489. The molecular weight excluding hydrogens is 290 g/mol. The molecule has 0 aliphatic carbocycles. The van der Waals surface area contributed by atoms with Crippen LogP contribution >= 0.6 is 0 Å². The molecule has 0 radical (unpaired) electrons. The van der Waals surface area contributed by atoms with Crippen molar-refractivity contribution in [1.29, 1.82) is 0 Å². The predicted octanol–water partition coefficient (Wildman–Crippen LogP) is 2.24. The summed E-state index contributed by atoms with van der Waals surface area (Å²) in [7, 11) is 1.68. The molecule has 4 N–H and O–H groups in total. The number of benzene rings is 1. The lowest BCUT2D eigenvalue weighted by atomic mass is 9.95. The summed E-state index contributed by atoms with van der Waals surface area (Å²) in [6.07, 6.45) is 1.79. The van der Waals surface area contributed by atoms with E-state index < -0.39 is 0 Å². The zero-order valence-electron chi connectivity index (χ0n) is 14.7. The van der Waals surface area contributed by atoms with E-state index in [-0.39, 0.29) is 12.1 Å². The molecule has 0 aromatic heterocycles. The van der Waals surface area contributed by atoms with E-state index in [0.717, 1.165) is 43.1 Å². The van der Waals surface area contributed by atoms with Gasteiger partial charge in [0.1, 0.15) is 5.75 Å². The highest BCUT2D eigenvalue weighted by Gasteiger charge is 2.26. The molecule has 0 spiro atoms. The molecular formula is C18H31N3O2. The highest BCUT2D eigenvalue weighted by Crippen LogP contribution is 2.32. The maximum absolute atomic E-state index is 9.94. The maximum Gasteiger partial charge on any atom is 0.144 e. The summed E-state index contributed by atoms with van der Waals surface area (Å²) < 4.78 is 5.46. The van der Waals surface area contributed by atoms with Gasteiger partial charge in [0.15, 0.2) is 0 Å². The van der Waals surface area contributed by atoms with Crippen molar-refractivity contribution >= 4 is 11.4 Å². The minimum absolute atomic E-state index is 0.151. The van der Waals surface area contributed by atoms with Crippen molar-refractivity contribution in [3.63, 3.8) is 0 Å². The first-order valence-electron chi connectivity index (χ1n) is 8.55. The summed E-state index contributed by atoms with van der Waals surface area (Å²) in [5.41, 5.74) is 7.66. The van der Waals surface area contributed by atoms with Gasteiger partial charge in [0.25, 0.3) is 0 Å². The highest BCUT2D eigenvalue weighted by molar-refractivity contribution is 5.64. The first kappa shape index (κ1) is 17.9. The quantitative estimate of drug-likeness (QED) is 0.701. The number of hydrogen-bond donors (Lipinski definition) is 3. The molecule has 0 bridgehead atoms. The average Bonchev–Trinajstić information content (AvgIpc) is 2.52. The van der Waals surface area contributed by atoms with Gasteiger partial charge in [-0.05, 0) is 37.8 Å². The summed E-state index contributed by atoms with van der Waals surface area (Å²) >= 11 is 0. The normalized spacial score (nSPS) is 19.0. The summed E-state index contributed by atoms with van der Waals surface area (Å²) in [5, 5.41) is 13.6. The van der Waals surface area contributed by atoms with Crippen LogP contribution in [-0.4, -0.2) is 43.5 Å². The Morgan fingerprint density at radius 2 is 1.91 bits per heavy atom. The molecule has 2 rings (SSSR count). The van der Waals surface area contributed by atoms with Gasteiger partial charge in [0, 0.05) is 36.9 Å². The van der Waals surface area contributed by atoms with Crippen molar-refractivity contribution in [3.05, 3.63) is 18.2 Å². The second kappa shape index (κ2) is 7.88. The number of nitrogens with one attached hydrogen (secondary N) is 1. The largest absolute Gasteiger partial charge is 0.495 e. The molecule has 5 heteroatoms. The number of aliphatic hydroxyl groups excluding tert-OH is 1. The van der Waals surface area contributed by atoms with Crippen LogP contribution in [0.1, 0.15) is 33.6 Å². The third kappa shape index (κ3) is 4.52. The van der Waals surface area contributed by atoms with Gasteiger partial charge < -0.3 is 25.8 Å². The van der Waals surface area contributed by atoms with Crippen molar-refractivity contribution < 1.29 is 9.84 Å². The smallest absolute Gasteiger partial charge is 0.144 e. The van der Waals surface area contributed by atoms with Crippen molar-refractivity contribution in [3.8, 4) is 5.75 Å². The van der Waals surface area contributed by atoms with Crippen LogP contribution in [0.4, 0.5) is 11.4 Å². The zero-order valence-corrected chi connectivity index (χ0v) is 14.7. The number of nitrogens with zero attached hydrogens (tertiary/aromatic N) is 1. The molecule has 1 aromatic carbocycles. The summed E-state index contributed by atoms with van der Waals surface area (Å²) in [6.45, 7) is 8.12. The van der Waals surface area contributed by atoms with Crippen LogP contribution in [0.5, 0.6) is 5.75 Å². The van der Waals surface area contributed by atoms with Crippen molar-refractivity contribution in [2.24, 2.45) is 5.92 Å². The first-order valence-corrected chi connectivity index (χ1v) is 8.55. The van der Waals surface area contributed by atoms with Gasteiger partial charge in [-0.1, -0.05) is 13.8 Å². The minimum Gasteiger partial charge on any atom is -0.495 e. The lowest BCUT2D eigenvalue weighted by Crippen LogP contribution is -2.51. The number of rotatable bonds is 6. The summed E-state index contributed by atoms with van der Waals surface area (Å²) in [6, 6.07) is 6.44. The lowest BCUT2D eigenvalue weighted by molar-refractivity contribution is 0.110. The average molecular weight is 321 g/mol. The third-order valence-corrected chi connectivity index (χ3v) is 4.71. The van der Waals surface area contributed by atoms with Gasteiger partial charge in [-0.3, -0.25) is 0 Å². The van der Waals surface area contributed by atoms with Crippen molar-refractivity contribution in [2.75, 3.05) is 30.8 Å². The van der Waals surface area contributed by atoms with Crippen molar-refractivity contribution in [2.45, 2.75) is 51.8 Å². The van der Waals surface area contributed by atoms with Crippen LogP contribution in [0.15, 0.2) is 18.2 Å². The number of methoxy groups -OCH3 is 1. The Morgan fingerprint density at radius 1 is 1.26 bits per heavy atom. The Morgan fingerprint density at radius 3 is 2.43 bits per heavy atom. The fourth-order valence-electron chi connectivity index (χ4n) is 3.40. The highest BCUT2D eigenvalue weighted by atomic mass is 16.5. The van der Waals surface area contributed by atoms with E-state index >= 15 is 0 Å². The molecule has 1 heterocycles. The molecule has 5 nitrogen and oxygen atoms in total. The van der Waals surface area contributed by atoms with Gasteiger partial charge >= 0.3 is 0 Å². The number of nitrogen functional groups attached to an aromatic ring is 1. The van der Waals surface area contributed by atoms with Crippen LogP contribution in [0.25, 0.3) is 0 Å². The molecule has 130 valence electrons. The fourth-order valence-corrected chi connectivity index (χ4v) is 3.40. The molecule has 1 unspecified atom stereocenters. The van der Waals surface area contributed by atoms with Gasteiger partial charge in [0.05, 0.1) is 18.9 Å². The number of anilines is 2. The van der Waals surface area contributed by atoms with E-state index in [9.17, 15) is 5.11 Å². The summed E-state index contributed by atoms with van der Waals surface area (Å²) in [4.78, 5) is 2.35. The molecule has 0 amide bonds. The molecule has 1 aliphatic rings. The van der Waals surface area contributed by atoms with Gasteiger partial charge in [-0.15, -0.1) is 0 Å². The lowest BCUT2D eigenvalue weighted by Gasteiger charge is -2.38. The van der Waals surface area contributed by atoms with E-state index in [1.807, 2.05) is 25.1 Å². The van der Waals surface area contributed by atoms with Crippen LogP contribution in [0, 0.1) is 5.92 Å². The third-order valence-electron chi connectivity index (χ3n) is 4.71. The number of piperidine rings is 1. The SMILES string of the molecule is COc1cc(N)ccc1N1CCC(N[C@@H](C(C)C)C(C)O)CC1. The fraction of sp³-hybridized carbons (Fsp3) is 0.667. The summed E-state index contributed by atoms with van der Waals surface area (Å²) in [5.74, 6) is 1.26. The van der Waals surface area contributed by atoms with E-state index in [2.05, 4.69) is 24.1 Å². The zero-order chi connectivity index (χ0) is 17.0.